The van der Waals surface area contributed by atoms with Gasteiger partial charge in [0, 0.05) is 29.9 Å². The Kier molecular flexibility index (Phi) is 9.00. The number of esters is 1. The smallest absolute Gasteiger partial charge is 0.307 e. The Hall–Kier alpha value is -3.16. The molecule has 2 fully saturated rings. The molecule has 0 aromatic heterocycles. The SMILES string of the molecule is COC(=O)CCNC(=O)C[C@@]1(O)C2CC[C@H]1C[C@H](S(=O)(=O)c1cc(C(=O)Nc3cc(F)c(F)c(F)c3)ccc1Cl)C2. The first-order valence-electron chi connectivity index (χ1n) is 12.8. The summed E-state index contributed by atoms with van der Waals surface area (Å²) in [6, 6.07) is 4.67. The maximum atomic E-state index is 13.7. The summed E-state index contributed by atoms with van der Waals surface area (Å²) in [5.74, 6) is -7.54. The highest BCUT2D eigenvalue weighted by molar-refractivity contribution is 7.92. The minimum atomic E-state index is -4.12. The summed E-state index contributed by atoms with van der Waals surface area (Å²) in [5, 5.41) is 15.1. The molecule has 222 valence electrons. The van der Waals surface area contributed by atoms with Crippen LogP contribution in [-0.4, -0.2) is 55.8 Å². The van der Waals surface area contributed by atoms with E-state index >= 15 is 0 Å². The van der Waals surface area contributed by atoms with E-state index in [-0.39, 0.29) is 53.4 Å². The summed E-state index contributed by atoms with van der Waals surface area (Å²) in [6.07, 6.45) is 0.894. The van der Waals surface area contributed by atoms with Gasteiger partial charge < -0.3 is 20.5 Å². The maximum Gasteiger partial charge on any atom is 0.307 e. The van der Waals surface area contributed by atoms with Gasteiger partial charge in [-0.25, -0.2) is 21.6 Å². The lowest BCUT2D eigenvalue weighted by molar-refractivity contribution is -0.140. The molecule has 2 bridgehead atoms. The number of anilines is 1. The fourth-order valence-corrected chi connectivity index (χ4v) is 8.15. The number of halogens is 4. The van der Waals surface area contributed by atoms with Gasteiger partial charge in [0.1, 0.15) is 0 Å². The summed E-state index contributed by atoms with van der Waals surface area (Å²) >= 11 is 6.23. The number of carbonyl (C=O) groups excluding carboxylic acids is 3. The fraction of sp³-hybridized carbons (Fsp3) is 0.444. The van der Waals surface area contributed by atoms with Crippen LogP contribution in [0, 0.1) is 29.3 Å². The summed E-state index contributed by atoms with van der Waals surface area (Å²) < 4.78 is 72.2. The molecule has 2 aromatic rings. The molecule has 41 heavy (non-hydrogen) atoms. The molecule has 3 N–H and O–H groups in total. The Bertz CT molecular complexity index is 1450. The van der Waals surface area contributed by atoms with E-state index in [4.69, 9.17) is 11.6 Å². The van der Waals surface area contributed by atoms with E-state index in [0.717, 1.165) is 6.07 Å². The van der Waals surface area contributed by atoms with Gasteiger partial charge in [-0.15, -0.1) is 0 Å². The second-order valence-electron chi connectivity index (χ2n) is 10.3. The van der Waals surface area contributed by atoms with Crippen LogP contribution >= 0.6 is 11.6 Å². The Morgan fingerprint density at radius 3 is 2.27 bits per heavy atom. The number of rotatable bonds is 9. The van der Waals surface area contributed by atoms with Crippen molar-refractivity contribution in [1.29, 1.82) is 0 Å². The number of nitrogens with one attached hydrogen (secondary N) is 2. The number of hydrogen-bond acceptors (Lipinski definition) is 7. The van der Waals surface area contributed by atoms with Crippen LogP contribution in [0.3, 0.4) is 0 Å². The minimum absolute atomic E-state index is 0.0244. The van der Waals surface area contributed by atoms with Crippen LogP contribution in [0.4, 0.5) is 18.9 Å². The molecule has 4 atom stereocenters. The number of aliphatic hydroxyl groups is 1. The largest absolute Gasteiger partial charge is 0.469 e. The van der Waals surface area contributed by atoms with Crippen molar-refractivity contribution >= 4 is 44.9 Å². The Balaban J connectivity index is 1.48. The molecular formula is C27H28ClF3N2O7S. The molecular weight excluding hydrogens is 589 g/mol. The second-order valence-corrected chi connectivity index (χ2v) is 12.9. The van der Waals surface area contributed by atoms with Crippen molar-refractivity contribution in [3.63, 3.8) is 0 Å². The highest BCUT2D eigenvalue weighted by Crippen LogP contribution is 2.53. The first-order chi connectivity index (χ1) is 19.3. The van der Waals surface area contributed by atoms with Gasteiger partial charge in [-0.3, -0.25) is 14.4 Å². The zero-order valence-corrected chi connectivity index (χ0v) is 23.5. The molecule has 4 rings (SSSR count). The predicted molar refractivity (Wildman–Crippen MR) is 141 cm³/mol. The third-order valence-electron chi connectivity index (χ3n) is 7.88. The lowest BCUT2D eigenvalue weighted by Gasteiger charge is -2.42. The number of benzene rings is 2. The number of hydrogen-bond donors (Lipinski definition) is 3. The van der Waals surface area contributed by atoms with Crippen LogP contribution < -0.4 is 10.6 Å². The van der Waals surface area contributed by atoms with Crippen LogP contribution in [0.15, 0.2) is 35.2 Å². The maximum absolute atomic E-state index is 13.7. The normalized spacial score (nSPS) is 23.6. The summed E-state index contributed by atoms with van der Waals surface area (Å²) in [7, 11) is -2.89. The van der Waals surface area contributed by atoms with Crippen molar-refractivity contribution in [2.75, 3.05) is 19.0 Å². The average molecular weight is 617 g/mol. The summed E-state index contributed by atoms with van der Waals surface area (Å²) in [4.78, 5) is 36.2. The number of carbonyl (C=O) groups is 3. The molecule has 0 heterocycles. The Morgan fingerprint density at radius 2 is 1.68 bits per heavy atom. The Morgan fingerprint density at radius 1 is 1.07 bits per heavy atom. The monoisotopic (exact) mass is 616 g/mol. The van der Waals surface area contributed by atoms with Gasteiger partial charge in [0.15, 0.2) is 27.3 Å². The number of amides is 2. The standard InChI is InChI=1S/C27H28ClF3N2O7S/c1-40-24(35)6-7-32-23(34)13-27(37)15-3-4-16(27)10-18(9-15)41(38,39)22-8-14(2-5-19(22)28)26(36)33-17-11-20(29)25(31)21(30)12-17/h2,5,8,11-12,15-16,18,37H,3-4,6-7,9-10,13H2,1H3,(H,32,34)(H,33,36)/t15-,16?,18-,27-/m0/s1. The third-order valence-corrected chi connectivity index (χ3v) is 10.5. The van der Waals surface area contributed by atoms with Crippen molar-refractivity contribution in [2.45, 2.75) is 54.3 Å². The second kappa shape index (κ2) is 12.0. The molecule has 2 aliphatic rings. The molecule has 0 saturated heterocycles. The van der Waals surface area contributed by atoms with E-state index in [2.05, 4.69) is 15.4 Å². The number of ether oxygens (including phenoxy) is 1. The van der Waals surface area contributed by atoms with E-state index in [1.807, 2.05) is 0 Å². The highest BCUT2D eigenvalue weighted by atomic mass is 35.5. The van der Waals surface area contributed by atoms with E-state index in [1.165, 1.54) is 19.2 Å². The molecule has 2 saturated carbocycles. The molecule has 9 nitrogen and oxygen atoms in total. The van der Waals surface area contributed by atoms with Gasteiger partial charge in [-0.05, 0) is 55.7 Å². The Labute approximate surface area is 239 Å². The van der Waals surface area contributed by atoms with Crippen molar-refractivity contribution in [2.24, 2.45) is 11.8 Å². The fourth-order valence-electron chi connectivity index (χ4n) is 5.75. The molecule has 0 radical (unpaired) electrons. The first-order valence-corrected chi connectivity index (χ1v) is 14.7. The lowest BCUT2D eigenvalue weighted by Crippen LogP contribution is -2.50. The van der Waals surface area contributed by atoms with Crippen LogP contribution in [0.5, 0.6) is 0 Å². The van der Waals surface area contributed by atoms with Gasteiger partial charge in [0.2, 0.25) is 5.91 Å². The zero-order valence-electron chi connectivity index (χ0n) is 21.9. The quantitative estimate of drug-likeness (QED) is 0.288. The van der Waals surface area contributed by atoms with Gasteiger partial charge >= 0.3 is 5.97 Å². The van der Waals surface area contributed by atoms with Gasteiger partial charge in [0.05, 0.1) is 40.7 Å². The highest BCUT2D eigenvalue weighted by Gasteiger charge is 2.56. The van der Waals surface area contributed by atoms with E-state index in [0.29, 0.717) is 25.0 Å². The van der Waals surface area contributed by atoms with Crippen LogP contribution in [0.25, 0.3) is 0 Å². The van der Waals surface area contributed by atoms with Crippen LogP contribution in [0.1, 0.15) is 48.9 Å². The van der Waals surface area contributed by atoms with Crippen LogP contribution in [-0.2, 0) is 24.2 Å². The van der Waals surface area contributed by atoms with Crippen molar-refractivity contribution in [3.05, 3.63) is 58.4 Å². The van der Waals surface area contributed by atoms with Crippen molar-refractivity contribution in [1.82, 2.24) is 5.32 Å². The molecule has 1 unspecified atom stereocenters. The summed E-state index contributed by atoms with van der Waals surface area (Å²) in [5.41, 5.74) is -1.95. The molecule has 0 spiro atoms. The topological polar surface area (TPSA) is 139 Å². The van der Waals surface area contributed by atoms with E-state index in [9.17, 15) is 41.1 Å². The summed E-state index contributed by atoms with van der Waals surface area (Å²) in [6.45, 7) is 0.0430. The first kappa shape index (κ1) is 30.8. The van der Waals surface area contributed by atoms with Crippen molar-refractivity contribution < 1.29 is 45.8 Å². The number of fused-ring (bicyclic) bond motifs is 2. The lowest BCUT2D eigenvalue weighted by atomic mass is 9.72. The van der Waals surface area contributed by atoms with E-state index < -0.39 is 67.8 Å². The molecule has 2 aromatic carbocycles. The van der Waals surface area contributed by atoms with Crippen LogP contribution in [0.2, 0.25) is 5.02 Å². The van der Waals surface area contributed by atoms with Crippen molar-refractivity contribution in [3.8, 4) is 0 Å². The van der Waals surface area contributed by atoms with Gasteiger partial charge in [0.25, 0.3) is 5.91 Å². The van der Waals surface area contributed by atoms with E-state index in [1.54, 1.807) is 0 Å². The third kappa shape index (κ3) is 6.36. The van der Waals surface area contributed by atoms with Gasteiger partial charge in [-0.1, -0.05) is 11.6 Å². The number of methoxy groups -OCH3 is 1. The molecule has 0 aliphatic heterocycles. The molecule has 2 amide bonds. The predicted octanol–water partition coefficient (Wildman–Crippen LogP) is 3.77. The molecule has 14 heteroatoms. The molecule has 2 aliphatic carbocycles. The average Bonchev–Trinajstić information content (AvgIpc) is 3.07. The van der Waals surface area contributed by atoms with Gasteiger partial charge in [-0.2, -0.15) is 0 Å². The zero-order chi connectivity index (χ0) is 30.1. The minimum Gasteiger partial charge on any atom is -0.469 e. The number of sulfone groups is 1.